The molecule has 0 aliphatic carbocycles. The highest BCUT2D eigenvalue weighted by Crippen LogP contribution is 2.25. The number of hydrogen-bond donors (Lipinski definition) is 1. The summed E-state index contributed by atoms with van der Waals surface area (Å²) < 4.78 is 31.0. The van der Waals surface area contributed by atoms with Gasteiger partial charge in [0.1, 0.15) is 10.6 Å². The van der Waals surface area contributed by atoms with Crippen molar-refractivity contribution in [1.82, 2.24) is 4.98 Å². The molecule has 0 spiro atoms. The van der Waals surface area contributed by atoms with Gasteiger partial charge in [0.25, 0.3) is 0 Å². The summed E-state index contributed by atoms with van der Waals surface area (Å²) in [5, 5.41) is 4.88. The summed E-state index contributed by atoms with van der Waals surface area (Å²) in [6.07, 6.45) is 1.63. The molecule has 0 unspecified atom stereocenters. The summed E-state index contributed by atoms with van der Waals surface area (Å²) in [5.41, 5.74) is 5.60. The lowest BCUT2D eigenvalue weighted by atomic mass is 10.2. The van der Waals surface area contributed by atoms with Crippen LogP contribution in [0.25, 0.3) is 10.2 Å². The third kappa shape index (κ3) is 4.61. The maximum atomic E-state index is 12.3. The van der Waals surface area contributed by atoms with E-state index in [1.165, 1.54) is 23.5 Å². The maximum absolute atomic E-state index is 12.3. The minimum atomic E-state index is -3.86. The number of thiazole rings is 1. The molecule has 146 valence electrons. The molecule has 4 aromatic rings. The molecular weight excluding hydrogens is 406 g/mol. The van der Waals surface area contributed by atoms with Crippen LogP contribution in [0.3, 0.4) is 0 Å². The SMILES string of the molecule is Cc1ccc(S(=O)(=O)Oc2ccc(/C=N\Nc3nc4ccccc4s3)cc2)cc1. The normalized spacial score (nSPS) is 11.8. The smallest absolute Gasteiger partial charge is 0.339 e. The quantitative estimate of drug-likeness (QED) is 0.273. The lowest BCUT2D eigenvalue weighted by Gasteiger charge is -2.07. The number of rotatable bonds is 6. The Morgan fingerprint density at radius 1 is 1.00 bits per heavy atom. The Morgan fingerprint density at radius 3 is 2.45 bits per heavy atom. The van der Waals surface area contributed by atoms with Gasteiger partial charge < -0.3 is 4.18 Å². The Labute approximate surface area is 172 Å². The zero-order chi connectivity index (χ0) is 20.3. The van der Waals surface area contributed by atoms with Gasteiger partial charge in [-0.25, -0.2) is 4.98 Å². The lowest BCUT2D eigenvalue weighted by Crippen LogP contribution is -2.09. The fourth-order valence-corrected chi connectivity index (χ4v) is 4.32. The van der Waals surface area contributed by atoms with E-state index in [0.29, 0.717) is 5.13 Å². The van der Waals surface area contributed by atoms with Crippen LogP contribution >= 0.6 is 11.3 Å². The van der Waals surface area contributed by atoms with Crippen molar-refractivity contribution >= 4 is 43.0 Å². The topological polar surface area (TPSA) is 80.7 Å². The van der Waals surface area contributed by atoms with Crippen LogP contribution in [0.1, 0.15) is 11.1 Å². The molecule has 0 atom stereocenters. The van der Waals surface area contributed by atoms with E-state index in [1.54, 1.807) is 42.6 Å². The van der Waals surface area contributed by atoms with Crippen molar-refractivity contribution in [1.29, 1.82) is 0 Å². The molecule has 8 heteroatoms. The van der Waals surface area contributed by atoms with Gasteiger partial charge in [-0.1, -0.05) is 41.2 Å². The molecule has 0 saturated heterocycles. The molecule has 0 radical (unpaired) electrons. The number of fused-ring (bicyclic) bond motifs is 1. The summed E-state index contributed by atoms with van der Waals surface area (Å²) >= 11 is 1.52. The Morgan fingerprint density at radius 2 is 1.72 bits per heavy atom. The molecule has 6 nitrogen and oxygen atoms in total. The van der Waals surface area contributed by atoms with Crippen LogP contribution in [0.2, 0.25) is 0 Å². The molecule has 0 aliphatic rings. The van der Waals surface area contributed by atoms with Gasteiger partial charge in [-0.3, -0.25) is 5.43 Å². The van der Waals surface area contributed by atoms with Gasteiger partial charge in [-0.2, -0.15) is 13.5 Å². The molecule has 1 aromatic heterocycles. The summed E-state index contributed by atoms with van der Waals surface area (Å²) in [5.74, 6) is 0.238. The molecule has 0 saturated carbocycles. The first-order chi connectivity index (χ1) is 14.0. The molecule has 0 fully saturated rings. The third-order valence-corrected chi connectivity index (χ3v) is 6.27. The average molecular weight is 424 g/mol. The van der Waals surface area contributed by atoms with Crippen LogP contribution in [-0.2, 0) is 10.1 Å². The first-order valence-corrected chi connectivity index (χ1v) is 11.0. The zero-order valence-corrected chi connectivity index (χ0v) is 17.1. The van der Waals surface area contributed by atoms with Crippen LogP contribution in [0, 0.1) is 6.92 Å². The van der Waals surface area contributed by atoms with Crippen molar-refractivity contribution in [2.45, 2.75) is 11.8 Å². The van der Waals surface area contributed by atoms with Crippen molar-refractivity contribution in [3.05, 3.63) is 83.9 Å². The molecule has 4 rings (SSSR count). The number of hydrazone groups is 1. The highest BCUT2D eigenvalue weighted by molar-refractivity contribution is 7.87. The van der Waals surface area contributed by atoms with E-state index in [-0.39, 0.29) is 10.6 Å². The van der Waals surface area contributed by atoms with Crippen molar-refractivity contribution < 1.29 is 12.6 Å². The predicted molar refractivity (Wildman–Crippen MR) is 116 cm³/mol. The van der Waals surface area contributed by atoms with Gasteiger partial charge in [-0.05, 0) is 61.0 Å². The lowest BCUT2D eigenvalue weighted by molar-refractivity contribution is 0.486. The van der Waals surface area contributed by atoms with Gasteiger partial charge >= 0.3 is 10.1 Å². The van der Waals surface area contributed by atoms with Crippen molar-refractivity contribution in [2.75, 3.05) is 5.43 Å². The van der Waals surface area contributed by atoms with E-state index in [9.17, 15) is 8.42 Å². The second kappa shape index (κ2) is 8.02. The second-order valence-electron chi connectivity index (χ2n) is 6.28. The fraction of sp³-hybridized carbons (Fsp3) is 0.0476. The van der Waals surface area contributed by atoms with E-state index in [2.05, 4.69) is 15.5 Å². The number of nitrogens with zero attached hydrogens (tertiary/aromatic N) is 2. The summed E-state index contributed by atoms with van der Waals surface area (Å²) in [4.78, 5) is 4.56. The highest BCUT2D eigenvalue weighted by atomic mass is 32.2. The van der Waals surface area contributed by atoms with Crippen LogP contribution in [-0.4, -0.2) is 19.6 Å². The van der Waals surface area contributed by atoms with Crippen LogP contribution in [0.15, 0.2) is 82.8 Å². The molecule has 0 aliphatic heterocycles. The van der Waals surface area contributed by atoms with Crippen LogP contribution in [0.4, 0.5) is 5.13 Å². The molecule has 0 amide bonds. The van der Waals surface area contributed by atoms with Gasteiger partial charge in [0.15, 0.2) is 0 Å². The van der Waals surface area contributed by atoms with Gasteiger partial charge in [-0.15, -0.1) is 0 Å². The molecule has 3 aromatic carbocycles. The predicted octanol–water partition coefficient (Wildman–Crippen LogP) is 4.82. The van der Waals surface area contributed by atoms with E-state index in [0.717, 1.165) is 21.3 Å². The molecule has 29 heavy (non-hydrogen) atoms. The van der Waals surface area contributed by atoms with E-state index < -0.39 is 10.1 Å². The van der Waals surface area contributed by atoms with Crippen LogP contribution < -0.4 is 9.61 Å². The number of benzene rings is 3. The number of aromatic nitrogens is 1. The van der Waals surface area contributed by atoms with Crippen molar-refractivity contribution in [2.24, 2.45) is 5.10 Å². The zero-order valence-electron chi connectivity index (χ0n) is 15.4. The Balaban J connectivity index is 1.40. The minimum absolute atomic E-state index is 0.119. The van der Waals surface area contributed by atoms with Gasteiger partial charge in [0, 0.05) is 0 Å². The third-order valence-electron chi connectivity index (χ3n) is 4.06. The Hall–Kier alpha value is -3.23. The Kier molecular flexibility index (Phi) is 5.28. The Bertz CT molecular complexity index is 1230. The van der Waals surface area contributed by atoms with E-state index in [4.69, 9.17) is 4.18 Å². The summed E-state index contributed by atoms with van der Waals surface area (Å²) in [6.45, 7) is 1.89. The second-order valence-corrected chi connectivity index (χ2v) is 8.85. The molecule has 1 N–H and O–H groups in total. The highest BCUT2D eigenvalue weighted by Gasteiger charge is 2.16. The summed E-state index contributed by atoms with van der Waals surface area (Å²) in [6, 6.07) is 21.0. The van der Waals surface area contributed by atoms with Crippen molar-refractivity contribution in [3.63, 3.8) is 0 Å². The minimum Gasteiger partial charge on any atom is -0.379 e. The summed E-state index contributed by atoms with van der Waals surface area (Å²) in [7, 11) is -3.86. The van der Waals surface area contributed by atoms with Gasteiger partial charge in [0.05, 0.1) is 16.4 Å². The van der Waals surface area contributed by atoms with Crippen LogP contribution in [0.5, 0.6) is 5.75 Å². The average Bonchev–Trinajstić information content (AvgIpc) is 3.12. The van der Waals surface area contributed by atoms with Gasteiger partial charge in [0.2, 0.25) is 5.13 Å². The monoisotopic (exact) mass is 423 g/mol. The largest absolute Gasteiger partial charge is 0.379 e. The van der Waals surface area contributed by atoms with E-state index in [1.807, 2.05) is 31.2 Å². The number of nitrogens with one attached hydrogen (secondary N) is 1. The number of anilines is 1. The molecular formula is C21H17N3O3S2. The molecule has 1 heterocycles. The van der Waals surface area contributed by atoms with E-state index >= 15 is 0 Å². The van der Waals surface area contributed by atoms with Crippen molar-refractivity contribution in [3.8, 4) is 5.75 Å². The standard InChI is InChI=1S/C21H17N3O3S2/c1-15-6-12-18(13-7-15)29(25,26)27-17-10-8-16(9-11-17)14-22-24-21-23-19-4-2-3-5-20(19)28-21/h2-14H,1H3,(H,23,24)/b22-14-. The maximum Gasteiger partial charge on any atom is 0.339 e. The number of para-hydroxylation sites is 1. The number of hydrogen-bond acceptors (Lipinski definition) is 7. The first kappa shape index (κ1) is 19.1. The first-order valence-electron chi connectivity index (χ1n) is 8.75. The fourth-order valence-electron chi connectivity index (χ4n) is 2.57. The molecule has 0 bridgehead atoms. The number of aryl methyl sites for hydroxylation is 1.